The van der Waals surface area contributed by atoms with Crippen molar-refractivity contribution in [1.82, 2.24) is 10.2 Å². The van der Waals surface area contributed by atoms with Crippen molar-refractivity contribution >= 4 is 17.4 Å². The van der Waals surface area contributed by atoms with Crippen LogP contribution in [0.5, 0.6) is 5.75 Å². The van der Waals surface area contributed by atoms with Crippen molar-refractivity contribution in [2.45, 2.75) is 20.8 Å². The predicted octanol–water partition coefficient (Wildman–Crippen LogP) is 2.36. The van der Waals surface area contributed by atoms with Crippen molar-refractivity contribution in [2.75, 3.05) is 26.2 Å². The van der Waals surface area contributed by atoms with E-state index in [2.05, 4.69) is 5.32 Å². The third-order valence-electron chi connectivity index (χ3n) is 4.72. The van der Waals surface area contributed by atoms with Gasteiger partial charge in [-0.05, 0) is 44.5 Å². The summed E-state index contributed by atoms with van der Waals surface area (Å²) in [4.78, 5) is 13.3. The van der Waals surface area contributed by atoms with E-state index >= 15 is 0 Å². The first-order valence-corrected chi connectivity index (χ1v) is 8.85. The molecule has 26 heavy (non-hydrogen) atoms. The molecule has 3 rings (SSSR count). The molecule has 1 saturated heterocycles. The number of carbonyl (C=O) groups excluding carboxylic acids is 1. The maximum Gasteiger partial charge on any atom is 0.317 e. The molecule has 2 amide bonds. The molecule has 2 aromatic rings. The van der Waals surface area contributed by atoms with Gasteiger partial charge in [0.05, 0.1) is 12.1 Å². The molecule has 1 aliphatic rings. The maximum absolute atomic E-state index is 13.0. The fourth-order valence-electron chi connectivity index (χ4n) is 3.46. The lowest BCUT2D eigenvalue weighted by atomic mass is 10.0. The molecule has 2 N–H and O–H groups in total. The summed E-state index contributed by atoms with van der Waals surface area (Å²) in [7, 11) is 0. The Kier molecular flexibility index (Phi) is 5.44. The molecule has 0 bridgehead atoms. The van der Waals surface area contributed by atoms with E-state index in [1.54, 1.807) is 4.90 Å². The second kappa shape index (κ2) is 7.76. The largest absolute Gasteiger partial charge is 0.623 e. The molecular weight excluding hydrogens is 330 g/mol. The molecule has 6 heteroatoms. The van der Waals surface area contributed by atoms with E-state index in [1.165, 1.54) is 0 Å². The standard InChI is InChI=1S/C20H25N3O3/c1-14-13-15(2)19(26-12-11-22-10-9-21-20(22)24)16(3)18(14)23(25)17-7-5-4-6-8-17/h4-8,13,23H,9-12H2,1-3H3,(H,21,24). The molecule has 1 heterocycles. The lowest BCUT2D eigenvalue weighted by molar-refractivity contribution is -0.699. The normalized spacial score (nSPS) is 15.1. The Morgan fingerprint density at radius 1 is 1.19 bits per heavy atom. The van der Waals surface area contributed by atoms with Gasteiger partial charge in [-0.25, -0.2) is 4.79 Å². The van der Waals surface area contributed by atoms with Crippen LogP contribution >= 0.6 is 0 Å². The number of benzene rings is 2. The first kappa shape index (κ1) is 18.2. The summed E-state index contributed by atoms with van der Waals surface area (Å²) in [6, 6.07) is 11.2. The molecule has 1 fully saturated rings. The summed E-state index contributed by atoms with van der Waals surface area (Å²) >= 11 is 0. The molecule has 1 aliphatic heterocycles. The van der Waals surface area contributed by atoms with Gasteiger partial charge in [-0.2, -0.15) is 0 Å². The minimum Gasteiger partial charge on any atom is -0.623 e. The van der Waals surface area contributed by atoms with Crippen molar-refractivity contribution in [3.8, 4) is 5.75 Å². The maximum atomic E-state index is 13.0. The molecule has 0 spiro atoms. The quantitative estimate of drug-likeness (QED) is 0.782. The Hall–Kier alpha value is -2.57. The number of quaternary nitrogens is 1. The Labute approximate surface area is 153 Å². The van der Waals surface area contributed by atoms with E-state index in [1.807, 2.05) is 57.2 Å². The van der Waals surface area contributed by atoms with Crippen LogP contribution in [0.25, 0.3) is 0 Å². The van der Waals surface area contributed by atoms with Gasteiger partial charge in [-0.3, -0.25) is 0 Å². The SMILES string of the molecule is Cc1cc(C)c([NH+]([O-])c2ccccc2)c(C)c1OCCN1CCNC1=O. The van der Waals surface area contributed by atoms with E-state index < -0.39 is 0 Å². The number of amides is 2. The van der Waals surface area contributed by atoms with Gasteiger partial charge in [0.25, 0.3) is 0 Å². The fourth-order valence-corrected chi connectivity index (χ4v) is 3.46. The summed E-state index contributed by atoms with van der Waals surface area (Å²) in [6.07, 6.45) is 0. The Morgan fingerprint density at radius 3 is 2.58 bits per heavy atom. The Bertz CT molecular complexity index is 793. The van der Waals surface area contributed by atoms with E-state index in [-0.39, 0.29) is 11.1 Å². The van der Waals surface area contributed by atoms with Gasteiger partial charge >= 0.3 is 6.03 Å². The number of nitrogens with zero attached hydrogens (tertiary/aromatic N) is 1. The molecule has 6 nitrogen and oxygen atoms in total. The van der Waals surface area contributed by atoms with E-state index in [9.17, 15) is 10.0 Å². The van der Waals surface area contributed by atoms with Crippen LogP contribution in [0.15, 0.2) is 36.4 Å². The van der Waals surface area contributed by atoms with Crippen LogP contribution in [0.3, 0.4) is 0 Å². The smallest absolute Gasteiger partial charge is 0.317 e. The third kappa shape index (κ3) is 3.66. The second-order valence-electron chi connectivity index (χ2n) is 6.60. The van der Waals surface area contributed by atoms with Crippen molar-refractivity contribution in [3.05, 3.63) is 58.3 Å². The van der Waals surface area contributed by atoms with Gasteiger partial charge in [0.1, 0.15) is 23.7 Å². The van der Waals surface area contributed by atoms with E-state index in [0.717, 1.165) is 22.4 Å². The van der Waals surface area contributed by atoms with Crippen molar-refractivity contribution < 1.29 is 14.6 Å². The van der Waals surface area contributed by atoms with Crippen LogP contribution in [0.4, 0.5) is 16.2 Å². The van der Waals surface area contributed by atoms with Gasteiger partial charge in [0, 0.05) is 18.7 Å². The number of carbonyl (C=O) groups is 1. The molecule has 0 radical (unpaired) electrons. The van der Waals surface area contributed by atoms with Crippen molar-refractivity contribution in [1.29, 1.82) is 0 Å². The highest BCUT2D eigenvalue weighted by atomic mass is 16.5. The highest BCUT2D eigenvalue weighted by Crippen LogP contribution is 2.31. The van der Waals surface area contributed by atoms with Crippen molar-refractivity contribution in [2.24, 2.45) is 0 Å². The number of hydrogen-bond donors (Lipinski definition) is 2. The van der Waals surface area contributed by atoms with Crippen molar-refractivity contribution in [3.63, 3.8) is 0 Å². The molecule has 1 atom stereocenters. The number of urea groups is 1. The van der Waals surface area contributed by atoms with Crippen LogP contribution in [0.2, 0.25) is 0 Å². The van der Waals surface area contributed by atoms with Crippen LogP contribution < -0.4 is 15.1 Å². The van der Waals surface area contributed by atoms with Gasteiger partial charge in [0.15, 0.2) is 0 Å². The average Bonchev–Trinajstić information content (AvgIpc) is 3.03. The van der Waals surface area contributed by atoms with Gasteiger partial charge in [-0.1, -0.05) is 18.2 Å². The Morgan fingerprint density at radius 2 is 1.92 bits per heavy atom. The molecule has 138 valence electrons. The van der Waals surface area contributed by atoms with Gasteiger partial charge in [0.2, 0.25) is 0 Å². The zero-order chi connectivity index (χ0) is 18.7. The van der Waals surface area contributed by atoms with E-state index in [0.29, 0.717) is 37.6 Å². The second-order valence-corrected chi connectivity index (χ2v) is 6.60. The molecule has 0 aromatic heterocycles. The van der Waals surface area contributed by atoms with Crippen LogP contribution in [0.1, 0.15) is 16.7 Å². The minimum absolute atomic E-state index is 0.00405. The van der Waals surface area contributed by atoms with Crippen LogP contribution in [-0.2, 0) is 0 Å². The highest BCUT2D eigenvalue weighted by molar-refractivity contribution is 5.76. The van der Waals surface area contributed by atoms with E-state index in [4.69, 9.17) is 4.74 Å². The molecule has 2 aromatic carbocycles. The highest BCUT2D eigenvalue weighted by Gasteiger charge is 2.21. The zero-order valence-corrected chi connectivity index (χ0v) is 15.5. The number of hydrogen-bond acceptors (Lipinski definition) is 3. The summed E-state index contributed by atoms with van der Waals surface area (Å²) in [5.74, 6) is 0.731. The van der Waals surface area contributed by atoms with Crippen LogP contribution in [-0.4, -0.2) is 37.2 Å². The van der Waals surface area contributed by atoms with Crippen LogP contribution in [0, 0.1) is 26.0 Å². The third-order valence-corrected chi connectivity index (χ3v) is 4.72. The molecular formula is C20H25N3O3. The number of para-hydroxylation sites is 1. The lowest BCUT2D eigenvalue weighted by Gasteiger charge is -2.27. The predicted molar refractivity (Wildman–Crippen MR) is 101 cm³/mol. The summed E-state index contributed by atoms with van der Waals surface area (Å²) < 4.78 is 5.99. The number of ether oxygens (including phenoxy) is 1. The minimum atomic E-state index is -0.0501. The number of aryl methyl sites for hydroxylation is 2. The number of rotatable bonds is 6. The number of nitrogens with one attached hydrogen (secondary N) is 2. The molecule has 0 saturated carbocycles. The summed E-state index contributed by atoms with van der Waals surface area (Å²) in [5.41, 5.74) is 4.15. The summed E-state index contributed by atoms with van der Waals surface area (Å²) in [6.45, 7) is 8.16. The summed E-state index contributed by atoms with van der Waals surface area (Å²) in [5, 5.41) is 15.7. The average molecular weight is 355 g/mol. The molecule has 1 unspecified atom stereocenters. The topological polar surface area (TPSA) is 69.1 Å². The Balaban J connectivity index is 1.81. The molecule has 0 aliphatic carbocycles. The lowest BCUT2D eigenvalue weighted by Crippen LogP contribution is -2.97. The monoisotopic (exact) mass is 355 g/mol. The van der Waals surface area contributed by atoms with Gasteiger partial charge < -0.3 is 25.2 Å². The van der Waals surface area contributed by atoms with Gasteiger partial charge in [-0.15, -0.1) is 0 Å². The first-order valence-electron chi connectivity index (χ1n) is 8.85. The first-order chi connectivity index (χ1) is 12.5. The fraction of sp³-hybridized carbons (Fsp3) is 0.350. The zero-order valence-electron chi connectivity index (χ0n) is 15.5.